The molecule has 1 atom stereocenters. The average molecular weight is 271 g/mol. The van der Waals surface area contributed by atoms with Crippen molar-refractivity contribution in [3.05, 3.63) is 30.1 Å². The molecule has 1 fully saturated rings. The molecular formula is C12H14FNO3S. The van der Waals surface area contributed by atoms with Gasteiger partial charge in [0, 0.05) is 13.0 Å². The van der Waals surface area contributed by atoms with Gasteiger partial charge in [0.05, 0.1) is 0 Å². The first-order valence-electron chi connectivity index (χ1n) is 5.77. The Balaban J connectivity index is 2.39. The lowest BCUT2D eigenvalue weighted by Crippen LogP contribution is -2.33. The van der Waals surface area contributed by atoms with Crippen molar-refractivity contribution >= 4 is 15.9 Å². The van der Waals surface area contributed by atoms with Crippen molar-refractivity contribution < 1.29 is 17.6 Å². The van der Waals surface area contributed by atoms with Crippen LogP contribution in [-0.2, 0) is 14.8 Å². The largest absolute Gasteiger partial charge is 0.274 e. The molecule has 6 heteroatoms. The van der Waals surface area contributed by atoms with Crippen LogP contribution in [0.2, 0.25) is 0 Å². The Hall–Kier alpha value is -1.43. The second-order valence-electron chi connectivity index (χ2n) is 4.34. The molecule has 0 aromatic heterocycles. The summed E-state index contributed by atoms with van der Waals surface area (Å²) in [5.41, 5.74) is 0. The molecule has 2 rings (SSSR count). The molecule has 0 N–H and O–H groups in total. The number of hydrogen-bond acceptors (Lipinski definition) is 3. The fourth-order valence-corrected chi connectivity index (χ4v) is 3.58. The summed E-state index contributed by atoms with van der Waals surface area (Å²) in [6.07, 6.45) is 0.944. The number of nitrogens with zero attached hydrogens (tertiary/aromatic N) is 1. The summed E-state index contributed by atoms with van der Waals surface area (Å²) in [5.74, 6) is -1.26. The van der Waals surface area contributed by atoms with Crippen LogP contribution in [0, 0.1) is 11.7 Å². The zero-order valence-corrected chi connectivity index (χ0v) is 10.8. The minimum Gasteiger partial charge on any atom is -0.274 e. The van der Waals surface area contributed by atoms with Gasteiger partial charge < -0.3 is 0 Å². The van der Waals surface area contributed by atoms with Gasteiger partial charge in [-0.3, -0.25) is 4.79 Å². The van der Waals surface area contributed by atoms with E-state index in [1.54, 1.807) is 0 Å². The van der Waals surface area contributed by atoms with Crippen LogP contribution in [0.4, 0.5) is 4.39 Å². The van der Waals surface area contributed by atoms with Gasteiger partial charge >= 0.3 is 0 Å². The van der Waals surface area contributed by atoms with E-state index in [0.29, 0.717) is 0 Å². The Morgan fingerprint density at radius 2 is 2.06 bits per heavy atom. The van der Waals surface area contributed by atoms with E-state index in [-0.39, 0.29) is 18.9 Å². The molecule has 98 valence electrons. The number of hydrogen-bond donors (Lipinski definition) is 0. The molecule has 1 unspecified atom stereocenters. The highest BCUT2D eigenvalue weighted by Gasteiger charge is 2.38. The van der Waals surface area contributed by atoms with Gasteiger partial charge in [-0.25, -0.2) is 17.1 Å². The Morgan fingerprint density at radius 3 is 2.61 bits per heavy atom. The monoisotopic (exact) mass is 271 g/mol. The highest BCUT2D eigenvalue weighted by atomic mass is 32.2. The summed E-state index contributed by atoms with van der Waals surface area (Å²) in [6, 6.07) is 5.10. The van der Waals surface area contributed by atoms with Crippen LogP contribution in [0.1, 0.15) is 19.8 Å². The normalized spacial score (nSPS) is 20.4. The van der Waals surface area contributed by atoms with Crippen molar-refractivity contribution in [1.82, 2.24) is 4.31 Å². The summed E-state index contributed by atoms with van der Waals surface area (Å²) in [4.78, 5) is 11.3. The molecule has 1 aliphatic rings. The molecule has 1 aromatic rings. The molecule has 0 bridgehead atoms. The summed E-state index contributed by atoms with van der Waals surface area (Å²) in [7, 11) is -4.05. The van der Waals surface area contributed by atoms with E-state index < -0.39 is 26.6 Å². The van der Waals surface area contributed by atoms with E-state index >= 15 is 0 Å². The zero-order chi connectivity index (χ0) is 13.3. The van der Waals surface area contributed by atoms with Crippen LogP contribution in [-0.4, -0.2) is 25.2 Å². The first kappa shape index (κ1) is 13.0. The first-order valence-corrected chi connectivity index (χ1v) is 7.21. The van der Waals surface area contributed by atoms with E-state index in [1.165, 1.54) is 18.2 Å². The molecule has 1 amide bonds. The maximum absolute atomic E-state index is 13.5. The maximum atomic E-state index is 13.5. The minimum absolute atomic E-state index is 0.0269. The highest BCUT2D eigenvalue weighted by Crippen LogP contribution is 2.28. The molecule has 18 heavy (non-hydrogen) atoms. The third kappa shape index (κ3) is 2.12. The van der Waals surface area contributed by atoms with Crippen LogP contribution in [0.3, 0.4) is 0 Å². The predicted molar refractivity (Wildman–Crippen MR) is 63.7 cm³/mol. The van der Waals surface area contributed by atoms with Gasteiger partial charge in [0.15, 0.2) is 0 Å². The third-order valence-electron chi connectivity index (χ3n) is 3.15. The first-order chi connectivity index (χ1) is 8.46. The van der Waals surface area contributed by atoms with Crippen LogP contribution >= 0.6 is 0 Å². The molecule has 0 radical (unpaired) electrons. The van der Waals surface area contributed by atoms with E-state index in [4.69, 9.17) is 0 Å². The van der Waals surface area contributed by atoms with Gasteiger partial charge in [-0.2, -0.15) is 0 Å². The van der Waals surface area contributed by atoms with Gasteiger partial charge in [-0.05, 0) is 18.1 Å². The molecule has 0 spiro atoms. The lowest BCUT2D eigenvalue weighted by Gasteiger charge is -2.17. The van der Waals surface area contributed by atoms with Gasteiger partial charge in [-0.1, -0.05) is 25.5 Å². The number of carbonyl (C=O) groups is 1. The third-order valence-corrected chi connectivity index (χ3v) is 4.97. The molecular weight excluding hydrogens is 257 g/mol. The molecule has 1 aliphatic heterocycles. The highest BCUT2D eigenvalue weighted by molar-refractivity contribution is 7.89. The Labute approximate surface area is 105 Å². The quantitative estimate of drug-likeness (QED) is 0.842. The number of halogens is 1. The van der Waals surface area contributed by atoms with Crippen LogP contribution in [0.25, 0.3) is 0 Å². The summed E-state index contributed by atoms with van der Waals surface area (Å²) in [5, 5.41) is 0. The van der Waals surface area contributed by atoms with Crippen molar-refractivity contribution in [2.24, 2.45) is 5.92 Å². The lowest BCUT2D eigenvalue weighted by atomic mass is 10.1. The summed E-state index contributed by atoms with van der Waals surface area (Å²) in [6.45, 7) is 2.04. The van der Waals surface area contributed by atoms with Gasteiger partial charge in [0.1, 0.15) is 10.7 Å². The topological polar surface area (TPSA) is 54.5 Å². The van der Waals surface area contributed by atoms with Crippen LogP contribution < -0.4 is 0 Å². The standard InChI is InChI=1S/C12H14FNO3S/c1-2-9-7-12(15)14(8-9)18(16,17)11-6-4-3-5-10(11)13/h3-6,9H,2,7-8H2,1H3. The van der Waals surface area contributed by atoms with Crippen molar-refractivity contribution in [2.45, 2.75) is 24.7 Å². The van der Waals surface area contributed by atoms with E-state index in [2.05, 4.69) is 0 Å². The summed E-state index contributed by atoms with van der Waals surface area (Å²) >= 11 is 0. The second kappa shape index (κ2) is 4.68. The van der Waals surface area contributed by atoms with Crippen LogP contribution in [0.15, 0.2) is 29.2 Å². The number of amides is 1. The molecule has 4 nitrogen and oxygen atoms in total. The van der Waals surface area contributed by atoms with E-state index in [1.807, 2.05) is 6.92 Å². The average Bonchev–Trinajstić information content (AvgIpc) is 2.71. The predicted octanol–water partition coefficient (Wildman–Crippen LogP) is 1.77. The van der Waals surface area contributed by atoms with Gasteiger partial charge in [0.2, 0.25) is 5.91 Å². The van der Waals surface area contributed by atoms with Crippen molar-refractivity contribution in [2.75, 3.05) is 6.54 Å². The van der Waals surface area contributed by atoms with Crippen molar-refractivity contribution in [1.29, 1.82) is 0 Å². The summed E-state index contributed by atoms with van der Waals surface area (Å²) < 4.78 is 38.7. The van der Waals surface area contributed by atoms with Gasteiger partial charge in [-0.15, -0.1) is 0 Å². The molecule has 1 heterocycles. The molecule has 1 aromatic carbocycles. The lowest BCUT2D eigenvalue weighted by molar-refractivity contribution is -0.123. The molecule has 0 saturated carbocycles. The van der Waals surface area contributed by atoms with E-state index in [0.717, 1.165) is 16.8 Å². The van der Waals surface area contributed by atoms with Crippen LogP contribution in [0.5, 0.6) is 0 Å². The second-order valence-corrected chi connectivity index (χ2v) is 6.17. The van der Waals surface area contributed by atoms with E-state index in [9.17, 15) is 17.6 Å². The van der Waals surface area contributed by atoms with Crippen molar-refractivity contribution in [3.63, 3.8) is 0 Å². The smallest absolute Gasteiger partial charge is 0.269 e. The maximum Gasteiger partial charge on any atom is 0.269 e. The van der Waals surface area contributed by atoms with Crippen molar-refractivity contribution in [3.8, 4) is 0 Å². The number of benzene rings is 1. The van der Waals surface area contributed by atoms with Gasteiger partial charge in [0.25, 0.3) is 10.0 Å². The number of sulfonamides is 1. The Bertz CT molecular complexity index is 570. The Kier molecular flexibility index (Phi) is 3.38. The molecule has 1 saturated heterocycles. The Morgan fingerprint density at radius 1 is 1.39 bits per heavy atom. The number of rotatable bonds is 3. The fourth-order valence-electron chi connectivity index (χ4n) is 2.03. The molecule has 0 aliphatic carbocycles. The SMILES string of the molecule is CCC1CC(=O)N(S(=O)(=O)c2ccccc2F)C1. The fraction of sp³-hybridized carbons (Fsp3) is 0.417. The zero-order valence-electron chi connectivity index (χ0n) is 9.97. The minimum atomic E-state index is -4.05. The number of carbonyl (C=O) groups excluding carboxylic acids is 1.